The van der Waals surface area contributed by atoms with Crippen molar-refractivity contribution in [2.24, 2.45) is 0 Å². The molecule has 4 aromatic rings. The van der Waals surface area contributed by atoms with Crippen LogP contribution in [0.5, 0.6) is 0 Å². The topological polar surface area (TPSA) is 73.8 Å². The third kappa shape index (κ3) is 3.30. The van der Waals surface area contributed by atoms with Crippen molar-refractivity contribution in [2.45, 2.75) is 43.1 Å². The van der Waals surface area contributed by atoms with Crippen molar-refractivity contribution < 1.29 is 4.42 Å². The molecule has 144 valence electrons. The lowest BCUT2D eigenvalue weighted by Gasteiger charge is -2.12. The van der Waals surface area contributed by atoms with Crippen LogP contribution in [-0.2, 0) is 25.1 Å². The van der Waals surface area contributed by atoms with Gasteiger partial charge in [0, 0.05) is 22.2 Å². The first-order valence-electron chi connectivity index (χ1n) is 8.87. The molecule has 0 amide bonds. The zero-order chi connectivity index (χ0) is 19.1. The number of fused-ring (bicyclic) bond motifs is 3. The summed E-state index contributed by atoms with van der Waals surface area (Å²) in [5.41, 5.74) is 1.91. The van der Waals surface area contributed by atoms with Gasteiger partial charge in [-0.1, -0.05) is 27.9 Å². The Morgan fingerprint density at radius 1 is 1.32 bits per heavy atom. The highest BCUT2D eigenvalue weighted by molar-refractivity contribution is 7.98. The Bertz CT molecular complexity index is 1200. The van der Waals surface area contributed by atoms with Crippen LogP contribution in [0.3, 0.4) is 0 Å². The molecular weight excluding hydrogens is 436 g/mol. The number of furan rings is 1. The Morgan fingerprint density at radius 2 is 2.21 bits per heavy atom. The van der Waals surface area contributed by atoms with E-state index in [0.717, 1.165) is 46.8 Å². The van der Waals surface area contributed by atoms with Gasteiger partial charge in [0.2, 0.25) is 0 Å². The minimum atomic E-state index is 0.00537. The van der Waals surface area contributed by atoms with Crippen molar-refractivity contribution >= 4 is 56.4 Å². The van der Waals surface area contributed by atoms with Crippen molar-refractivity contribution in [2.75, 3.05) is 0 Å². The van der Waals surface area contributed by atoms with E-state index in [-0.39, 0.29) is 5.56 Å². The molecule has 4 heterocycles. The molecule has 28 heavy (non-hydrogen) atoms. The Morgan fingerprint density at radius 3 is 3.00 bits per heavy atom. The smallest absolute Gasteiger partial charge is 0.263 e. The monoisotopic (exact) mass is 450 g/mol. The zero-order valence-corrected chi connectivity index (χ0v) is 17.9. The minimum absolute atomic E-state index is 0.00537. The molecule has 0 N–H and O–H groups in total. The van der Waals surface area contributed by atoms with Gasteiger partial charge in [0.15, 0.2) is 5.16 Å². The highest BCUT2D eigenvalue weighted by Crippen LogP contribution is 2.35. The molecule has 1 aliphatic rings. The fraction of sp³-hybridized carbons (Fsp3) is 0.333. The maximum absolute atomic E-state index is 13.5. The van der Waals surface area contributed by atoms with E-state index in [1.807, 2.05) is 12.1 Å². The summed E-state index contributed by atoms with van der Waals surface area (Å²) in [7, 11) is 0. The van der Waals surface area contributed by atoms with Gasteiger partial charge in [0.05, 0.1) is 18.2 Å². The number of aryl methyl sites for hydroxylation is 2. The first-order chi connectivity index (χ1) is 13.7. The summed E-state index contributed by atoms with van der Waals surface area (Å²) in [5.74, 6) is 1.24. The highest BCUT2D eigenvalue weighted by atomic mass is 35.5. The van der Waals surface area contributed by atoms with Crippen LogP contribution in [0.25, 0.3) is 10.2 Å². The summed E-state index contributed by atoms with van der Waals surface area (Å²) in [6, 6.07) is 3.70. The second-order valence-corrected chi connectivity index (χ2v) is 9.92. The maximum Gasteiger partial charge on any atom is 0.263 e. The van der Waals surface area contributed by atoms with E-state index < -0.39 is 0 Å². The average Bonchev–Trinajstić information content (AvgIpc) is 3.42. The molecule has 0 aromatic carbocycles. The second kappa shape index (κ2) is 7.62. The van der Waals surface area contributed by atoms with E-state index in [2.05, 4.69) is 9.59 Å². The van der Waals surface area contributed by atoms with Gasteiger partial charge in [0.25, 0.3) is 5.56 Å². The van der Waals surface area contributed by atoms with Crippen LogP contribution in [0.1, 0.15) is 34.7 Å². The molecule has 4 aromatic heterocycles. The molecule has 0 saturated carbocycles. The van der Waals surface area contributed by atoms with E-state index in [9.17, 15) is 4.79 Å². The van der Waals surface area contributed by atoms with Crippen molar-refractivity contribution in [1.29, 1.82) is 0 Å². The SMILES string of the molecule is O=c1c2c3c(sc2nc(SCc2nnsc2Cl)n1Cc1ccco1)CCCC3. The Balaban J connectivity index is 1.61. The number of hydrogen-bond donors (Lipinski definition) is 0. The predicted octanol–water partition coefficient (Wildman–Crippen LogP) is 4.78. The highest BCUT2D eigenvalue weighted by Gasteiger charge is 2.23. The van der Waals surface area contributed by atoms with Gasteiger partial charge in [-0.2, -0.15) is 0 Å². The standard InChI is InChI=1S/C18H15ClN4O2S3/c19-15-12(21-22-28-15)9-26-18-20-16-14(11-5-1-2-6-13(11)27-16)17(24)23(18)8-10-4-3-7-25-10/h3-4,7H,1-2,5-6,8-9H2. The number of thiophene rings is 1. The van der Waals surface area contributed by atoms with Gasteiger partial charge >= 0.3 is 0 Å². The molecule has 0 radical (unpaired) electrons. The number of nitrogens with zero attached hydrogens (tertiary/aromatic N) is 4. The lowest BCUT2D eigenvalue weighted by Crippen LogP contribution is -2.24. The zero-order valence-electron chi connectivity index (χ0n) is 14.7. The fourth-order valence-corrected chi connectivity index (χ4v) is 6.48. The van der Waals surface area contributed by atoms with E-state index in [0.29, 0.717) is 27.5 Å². The first-order valence-corrected chi connectivity index (χ1v) is 11.8. The van der Waals surface area contributed by atoms with Crippen molar-refractivity contribution in [3.05, 3.63) is 55.0 Å². The van der Waals surface area contributed by atoms with Gasteiger partial charge in [-0.3, -0.25) is 9.36 Å². The molecule has 6 nitrogen and oxygen atoms in total. The predicted molar refractivity (Wildman–Crippen MR) is 113 cm³/mol. The number of aromatic nitrogens is 4. The summed E-state index contributed by atoms with van der Waals surface area (Å²) in [6.07, 6.45) is 5.92. The van der Waals surface area contributed by atoms with E-state index >= 15 is 0 Å². The quantitative estimate of drug-likeness (QED) is 0.322. The largest absolute Gasteiger partial charge is 0.467 e. The van der Waals surface area contributed by atoms with Crippen molar-refractivity contribution in [1.82, 2.24) is 19.1 Å². The van der Waals surface area contributed by atoms with E-state index in [1.54, 1.807) is 22.2 Å². The summed E-state index contributed by atoms with van der Waals surface area (Å²) < 4.78 is 11.6. The summed E-state index contributed by atoms with van der Waals surface area (Å²) in [5, 5.41) is 5.49. The van der Waals surface area contributed by atoms with E-state index in [4.69, 9.17) is 21.0 Å². The van der Waals surface area contributed by atoms with Gasteiger partial charge in [0.1, 0.15) is 20.6 Å². The molecule has 0 saturated heterocycles. The molecule has 0 atom stereocenters. The van der Waals surface area contributed by atoms with Gasteiger partial charge in [-0.05, 0) is 43.4 Å². The maximum atomic E-state index is 13.5. The number of halogens is 1. The number of thioether (sulfide) groups is 1. The molecule has 0 fully saturated rings. The van der Waals surface area contributed by atoms with Crippen LogP contribution in [-0.4, -0.2) is 19.1 Å². The van der Waals surface area contributed by atoms with E-state index in [1.165, 1.54) is 28.6 Å². The molecular formula is C18H15ClN4O2S3. The molecule has 0 unspecified atom stereocenters. The van der Waals surface area contributed by atoms with Gasteiger partial charge in [-0.25, -0.2) is 4.98 Å². The lowest BCUT2D eigenvalue weighted by molar-refractivity contribution is 0.476. The van der Waals surface area contributed by atoms with Crippen LogP contribution < -0.4 is 5.56 Å². The molecule has 1 aliphatic carbocycles. The number of rotatable bonds is 5. The van der Waals surface area contributed by atoms with Gasteiger partial charge in [-0.15, -0.1) is 16.4 Å². The minimum Gasteiger partial charge on any atom is -0.467 e. The van der Waals surface area contributed by atoms with Crippen molar-refractivity contribution in [3.8, 4) is 0 Å². The summed E-state index contributed by atoms with van der Waals surface area (Å²) >= 11 is 10.4. The molecule has 0 spiro atoms. The van der Waals surface area contributed by atoms with Crippen LogP contribution >= 0.6 is 46.2 Å². The third-order valence-corrected chi connectivity index (χ3v) is 7.94. The van der Waals surface area contributed by atoms with Gasteiger partial charge < -0.3 is 4.42 Å². The molecule has 0 aliphatic heterocycles. The third-order valence-electron chi connectivity index (χ3n) is 4.78. The van der Waals surface area contributed by atoms with Crippen LogP contribution in [0.2, 0.25) is 4.34 Å². The average molecular weight is 451 g/mol. The Hall–Kier alpha value is -1.68. The summed E-state index contributed by atoms with van der Waals surface area (Å²) in [4.78, 5) is 20.5. The van der Waals surface area contributed by atoms with Crippen LogP contribution in [0, 0.1) is 0 Å². The lowest BCUT2D eigenvalue weighted by atomic mass is 9.97. The summed E-state index contributed by atoms with van der Waals surface area (Å²) in [6.45, 7) is 0.352. The second-order valence-electron chi connectivity index (χ2n) is 6.54. The fourth-order valence-electron chi connectivity index (χ4n) is 3.44. The first kappa shape index (κ1) is 18.4. The number of hydrogen-bond acceptors (Lipinski definition) is 8. The van der Waals surface area contributed by atoms with Crippen LogP contribution in [0.4, 0.5) is 0 Å². The Labute approximate surface area is 177 Å². The van der Waals surface area contributed by atoms with Crippen molar-refractivity contribution in [3.63, 3.8) is 0 Å². The molecule has 0 bridgehead atoms. The molecule has 5 rings (SSSR count). The Kier molecular flexibility index (Phi) is 5.00. The normalized spacial score (nSPS) is 13.9. The van der Waals surface area contributed by atoms with Crippen LogP contribution in [0.15, 0.2) is 32.8 Å². The molecule has 10 heteroatoms.